The van der Waals surface area contributed by atoms with Crippen LogP contribution in [-0.2, 0) is 0 Å². The van der Waals surface area contributed by atoms with E-state index in [0.717, 1.165) is 12.0 Å². The Morgan fingerprint density at radius 2 is 1.91 bits per heavy atom. The Kier molecular flexibility index (Phi) is 5.71. The lowest BCUT2D eigenvalue weighted by molar-refractivity contribution is 0.0849. The van der Waals surface area contributed by atoms with Gasteiger partial charge in [-0.25, -0.2) is 0 Å². The molecule has 0 aliphatic rings. The number of hydrogen-bond donors (Lipinski definition) is 3. The minimum atomic E-state index is -0.619. The zero-order valence-electron chi connectivity index (χ0n) is 13.4. The van der Waals surface area contributed by atoms with Gasteiger partial charge in [0.25, 0.3) is 11.5 Å². The van der Waals surface area contributed by atoms with Gasteiger partial charge in [0.15, 0.2) is 0 Å². The van der Waals surface area contributed by atoms with E-state index in [1.54, 1.807) is 6.07 Å². The minimum Gasteiger partial charge on any atom is -0.391 e. The van der Waals surface area contributed by atoms with Gasteiger partial charge in [-0.05, 0) is 23.6 Å². The lowest BCUT2D eigenvalue weighted by Gasteiger charge is -2.17. The molecule has 1 aromatic heterocycles. The number of carbonyl (C=O) groups excluding carboxylic acids is 1. The molecule has 2 atom stereocenters. The first kappa shape index (κ1) is 17.0. The molecular weight excluding hydrogens is 292 g/mol. The minimum absolute atomic E-state index is 0.0426. The standard InChI is InChI=1S/C18H22N2O3/c1-3-12(2)16(21)11-19-17(22)14-9-10-15(20-18(14)23)13-7-5-4-6-8-13/h4-10,12,16,21H,3,11H2,1-2H3,(H,19,22)(H,20,23). The van der Waals surface area contributed by atoms with Crippen molar-refractivity contribution in [3.8, 4) is 11.3 Å². The van der Waals surface area contributed by atoms with Crippen LogP contribution in [0, 0.1) is 5.92 Å². The van der Waals surface area contributed by atoms with Crippen molar-refractivity contribution in [2.45, 2.75) is 26.4 Å². The zero-order valence-corrected chi connectivity index (χ0v) is 13.4. The molecule has 5 nitrogen and oxygen atoms in total. The highest BCUT2D eigenvalue weighted by atomic mass is 16.3. The molecule has 1 heterocycles. The second kappa shape index (κ2) is 7.74. The third kappa shape index (κ3) is 4.29. The van der Waals surface area contributed by atoms with Crippen LogP contribution in [0.15, 0.2) is 47.3 Å². The van der Waals surface area contributed by atoms with Gasteiger partial charge in [0.2, 0.25) is 0 Å². The lowest BCUT2D eigenvalue weighted by Crippen LogP contribution is -2.37. The van der Waals surface area contributed by atoms with E-state index in [1.165, 1.54) is 6.07 Å². The maximum Gasteiger partial charge on any atom is 0.261 e. The third-order valence-corrected chi connectivity index (χ3v) is 4.01. The van der Waals surface area contributed by atoms with E-state index < -0.39 is 17.6 Å². The van der Waals surface area contributed by atoms with E-state index >= 15 is 0 Å². The number of pyridine rings is 1. The number of benzene rings is 1. The van der Waals surface area contributed by atoms with Gasteiger partial charge in [-0.2, -0.15) is 0 Å². The summed E-state index contributed by atoms with van der Waals surface area (Å²) < 4.78 is 0. The highest BCUT2D eigenvalue weighted by molar-refractivity contribution is 5.94. The summed E-state index contributed by atoms with van der Waals surface area (Å²) in [4.78, 5) is 26.9. The number of aliphatic hydroxyl groups excluding tert-OH is 1. The third-order valence-electron chi connectivity index (χ3n) is 4.01. The first-order valence-corrected chi connectivity index (χ1v) is 7.78. The van der Waals surface area contributed by atoms with Gasteiger partial charge in [-0.1, -0.05) is 50.6 Å². The quantitative estimate of drug-likeness (QED) is 0.764. The van der Waals surface area contributed by atoms with Crippen molar-refractivity contribution in [2.75, 3.05) is 6.54 Å². The highest BCUT2D eigenvalue weighted by Crippen LogP contribution is 2.14. The van der Waals surface area contributed by atoms with Crippen LogP contribution in [0.2, 0.25) is 0 Å². The zero-order chi connectivity index (χ0) is 16.8. The fourth-order valence-electron chi connectivity index (χ4n) is 2.20. The molecule has 0 bridgehead atoms. The van der Waals surface area contributed by atoms with Gasteiger partial charge in [0.1, 0.15) is 5.56 Å². The molecule has 122 valence electrons. The van der Waals surface area contributed by atoms with Gasteiger partial charge in [0.05, 0.1) is 6.10 Å². The van der Waals surface area contributed by atoms with E-state index in [1.807, 2.05) is 44.2 Å². The van der Waals surface area contributed by atoms with Crippen molar-refractivity contribution in [3.05, 3.63) is 58.4 Å². The summed E-state index contributed by atoms with van der Waals surface area (Å²) in [6, 6.07) is 12.6. The van der Waals surface area contributed by atoms with E-state index in [4.69, 9.17) is 0 Å². The summed E-state index contributed by atoms with van der Waals surface area (Å²) >= 11 is 0. The molecule has 0 aliphatic carbocycles. The Morgan fingerprint density at radius 3 is 2.52 bits per heavy atom. The molecule has 2 rings (SSSR count). The van der Waals surface area contributed by atoms with Crippen molar-refractivity contribution in [3.63, 3.8) is 0 Å². The number of aromatic nitrogens is 1. The molecule has 0 saturated carbocycles. The maximum absolute atomic E-state index is 12.1. The van der Waals surface area contributed by atoms with Crippen LogP contribution in [-0.4, -0.2) is 28.6 Å². The second-order valence-electron chi connectivity index (χ2n) is 5.64. The molecule has 0 fully saturated rings. The Labute approximate surface area is 135 Å². The molecule has 0 aliphatic heterocycles. The van der Waals surface area contributed by atoms with E-state index in [0.29, 0.717) is 5.69 Å². The molecule has 2 aromatic rings. The number of aliphatic hydroxyl groups is 1. The van der Waals surface area contributed by atoms with Gasteiger partial charge in [-0.3, -0.25) is 9.59 Å². The molecule has 0 spiro atoms. The Morgan fingerprint density at radius 1 is 1.22 bits per heavy atom. The van der Waals surface area contributed by atoms with Gasteiger partial charge in [-0.15, -0.1) is 0 Å². The predicted octanol–water partition coefficient (Wildman–Crippen LogP) is 2.18. The topological polar surface area (TPSA) is 82.2 Å². The Hall–Kier alpha value is -2.40. The van der Waals surface area contributed by atoms with Gasteiger partial charge >= 0.3 is 0 Å². The number of H-pyrrole nitrogens is 1. The van der Waals surface area contributed by atoms with E-state index in [-0.39, 0.29) is 18.0 Å². The summed E-state index contributed by atoms with van der Waals surface area (Å²) in [7, 11) is 0. The number of nitrogens with one attached hydrogen (secondary N) is 2. The SMILES string of the molecule is CCC(C)C(O)CNC(=O)c1ccc(-c2ccccc2)[nH]c1=O. The van der Waals surface area contributed by atoms with Crippen LogP contribution >= 0.6 is 0 Å². The molecular formula is C18H22N2O3. The van der Waals surface area contributed by atoms with Crippen LogP contribution in [0.4, 0.5) is 0 Å². The summed E-state index contributed by atoms with van der Waals surface area (Å²) in [6.07, 6.45) is 0.204. The van der Waals surface area contributed by atoms with Crippen molar-refractivity contribution in [1.29, 1.82) is 0 Å². The molecule has 1 amide bonds. The predicted molar refractivity (Wildman–Crippen MR) is 90.3 cm³/mol. The molecule has 0 radical (unpaired) electrons. The number of amides is 1. The highest BCUT2D eigenvalue weighted by Gasteiger charge is 2.16. The van der Waals surface area contributed by atoms with Crippen LogP contribution in [0.25, 0.3) is 11.3 Å². The van der Waals surface area contributed by atoms with Crippen molar-refractivity contribution in [1.82, 2.24) is 10.3 Å². The normalized spacial score (nSPS) is 13.3. The fraction of sp³-hybridized carbons (Fsp3) is 0.333. The largest absolute Gasteiger partial charge is 0.391 e. The molecule has 2 unspecified atom stereocenters. The van der Waals surface area contributed by atoms with Crippen LogP contribution in [0.3, 0.4) is 0 Å². The van der Waals surface area contributed by atoms with Gasteiger partial charge < -0.3 is 15.4 Å². The van der Waals surface area contributed by atoms with Crippen LogP contribution in [0.5, 0.6) is 0 Å². The first-order valence-electron chi connectivity index (χ1n) is 7.78. The van der Waals surface area contributed by atoms with Crippen molar-refractivity contribution >= 4 is 5.91 Å². The second-order valence-corrected chi connectivity index (χ2v) is 5.64. The number of aromatic amines is 1. The summed E-state index contributed by atoms with van der Waals surface area (Å²) in [5.41, 5.74) is 1.14. The Balaban J connectivity index is 2.09. The summed E-state index contributed by atoms with van der Waals surface area (Å²) in [5.74, 6) is -0.387. The Bertz CT molecular complexity index is 710. The molecule has 5 heteroatoms. The average Bonchev–Trinajstić information content (AvgIpc) is 2.59. The van der Waals surface area contributed by atoms with Crippen molar-refractivity contribution in [2.24, 2.45) is 5.92 Å². The summed E-state index contributed by atoms with van der Waals surface area (Å²) in [6.45, 7) is 4.02. The van der Waals surface area contributed by atoms with E-state index in [9.17, 15) is 14.7 Å². The van der Waals surface area contributed by atoms with Crippen LogP contribution in [0.1, 0.15) is 30.6 Å². The monoisotopic (exact) mass is 314 g/mol. The number of rotatable bonds is 6. The molecule has 3 N–H and O–H groups in total. The number of carbonyl (C=O) groups is 1. The van der Waals surface area contributed by atoms with Crippen molar-refractivity contribution < 1.29 is 9.90 Å². The average molecular weight is 314 g/mol. The van der Waals surface area contributed by atoms with E-state index in [2.05, 4.69) is 10.3 Å². The first-order chi connectivity index (χ1) is 11.0. The molecule has 0 saturated heterocycles. The smallest absolute Gasteiger partial charge is 0.261 e. The fourth-order valence-corrected chi connectivity index (χ4v) is 2.20. The lowest BCUT2D eigenvalue weighted by atomic mass is 10.0. The summed E-state index contributed by atoms with van der Waals surface area (Å²) in [5, 5.41) is 12.5. The molecule has 23 heavy (non-hydrogen) atoms. The van der Waals surface area contributed by atoms with Gasteiger partial charge in [0, 0.05) is 12.2 Å². The van der Waals surface area contributed by atoms with Crippen LogP contribution < -0.4 is 10.9 Å². The molecule has 1 aromatic carbocycles. The number of hydrogen-bond acceptors (Lipinski definition) is 3. The maximum atomic E-state index is 12.1.